The Bertz CT molecular complexity index is 646. The summed E-state index contributed by atoms with van der Waals surface area (Å²) in [6, 6.07) is 10.6. The van der Waals surface area contributed by atoms with Gasteiger partial charge >= 0.3 is 0 Å². The van der Waals surface area contributed by atoms with Gasteiger partial charge in [0.25, 0.3) is 0 Å². The molecule has 1 aromatic heterocycles. The second-order valence-electron chi connectivity index (χ2n) is 5.85. The standard InChI is InChI=1S/C18H24N4O/c1-19-18-20-11-10-15(21-18)16-8-5-6-12-22(16)13-14-7-3-4-9-17(14)23-2/h3-4,7,9-11,16H,5-6,8,12-13H2,1-2H3,(H,19,20,21)/t16-/m1/s1. The van der Waals surface area contributed by atoms with Crippen molar-refractivity contribution in [3.63, 3.8) is 0 Å². The number of methoxy groups -OCH3 is 1. The second-order valence-corrected chi connectivity index (χ2v) is 5.85. The first-order chi connectivity index (χ1) is 11.3. The molecular weight excluding hydrogens is 288 g/mol. The van der Waals surface area contributed by atoms with Crippen LogP contribution in [0.1, 0.15) is 36.6 Å². The molecule has 5 nitrogen and oxygen atoms in total. The molecule has 3 rings (SSSR count). The van der Waals surface area contributed by atoms with Crippen LogP contribution in [0.15, 0.2) is 36.5 Å². The monoisotopic (exact) mass is 312 g/mol. The number of nitrogens with one attached hydrogen (secondary N) is 1. The summed E-state index contributed by atoms with van der Waals surface area (Å²) < 4.78 is 5.50. The Labute approximate surface area is 137 Å². The number of likely N-dealkylation sites (tertiary alicyclic amines) is 1. The van der Waals surface area contributed by atoms with E-state index in [1.165, 1.54) is 18.4 Å². The number of ether oxygens (including phenoxy) is 1. The van der Waals surface area contributed by atoms with E-state index < -0.39 is 0 Å². The predicted molar refractivity (Wildman–Crippen MR) is 91.6 cm³/mol. The quantitative estimate of drug-likeness (QED) is 0.918. The van der Waals surface area contributed by atoms with Crippen molar-refractivity contribution < 1.29 is 4.74 Å². The highest BCUT2D eigenvalue weighted by molar-refractivity contribution is 5.33. The first-order valence-corrected chi connectivity index (χ1v) is 8.18. The van der Waals surface area contributed by atoms with Gasteiger partial charge in [-0.25, -0.2) is 9.97 Å². The Morgan fingerprint density at radius 2 is 2.13 bits per heavy atom. The number of aromatic nitrogens is 2. The van der Waals surface area contributed by atoms with Crippen molar-refractivity contribution in [1.29, 1.82) is 0 Å². The highest BCUT2D eigenvalue weighted by atomic mass is 16.5. The minimum Gasteiger partial charge on any atom is -0.496 e. The van der Waals surface area contributed by atoms with Gasteiger partial charge in [0, 0.05) is 25.4 Å². The number of hydrogen-bond acceptors (Lipinski definition) is 5. The molecule has 1 fully saturated rings. The molecule has 1 saturated heterocycles. The fourth-order valence-corrected chi connectivity index (χ4v) is 3.25. The maximum atomic E-state index is 5.50. The van der Waals surface area contributed by atoms with Crippen molar-refractivity contribution in [2.45, 2.75) is 31.8 Å². The summed E-state index contributed by atoms with van der Waals surface area (Å²) in [7, 11) is 3.59. The third kappa shape index (κ3) is 3.62. The number of hydrogen-bond donors (Lipinski definition) is 1. The molecule has 1 atom stereocenters. The van der Waals surface area contributed by atoms with Crippen LogP contribution in [0.2, 0.25) is 0 Å². The average Bonchev–Trinajstić information content (AvgIpc) is 2.62. The molecule has 2 heterocycles. The molecule has 0 saturated carbocycles. The summed E-state index contributed by atoms with van der Waals surface area (Å²) in [6.45, 7) is 1.97. The van der Waals surface area contributed by atoms with Crippen molar-refractivity contribution in [3.8, 4) is 5.75 Å². The lowest BCUT2D eigenvalue weighted by Gasteiger charge is -2.35. The first-order valence-electron chi connectivity index (χ1n) is 8.18. The van der Waals surface area contributed by atoms with Crippen molar-refractivity contribution in [3.05, 3.63) is 47.8 Å². The Balaban J connectivity index is 1.83. The Kier molecular flexibility index (Phi) is 5.08. The van der Waals surface area contributed by atoms with E-state index in [1.807, 2.05) is 31.4 Å². The lowest BCUT2D eigenvalue weighted by molar-refractivity contribution is 0.136. The van der Waals surface area contributed by atoms with E-state index in [0.717, 1.165) is 31.0 Å². The van der Waals surface area contributed by atoms with Crippen LogP contribution in [0.5, 0.6) is 5.75 Å². The lowest BCUT2D eigenvalue weighted by Crippen LogP contribution is -2.33. The molecule has 0 amide bonds. The number of para-hydroxylation sites is 1. The lowest BCUT2D eigenvalue weighted by atomic mass is 9.98. The van der Waals surface area contributed by atoms with E-state index in [9.17, 15) is 0 Å². The van der Waals surface area contributed by atoms with Crippen LogP contribution in [0.3, 0.4) is 0 Å². The highest BCUT2D eigenvalue weighted by Crippen LogP contribution is 2.32. The molecule has 1 aliphatic rings. The fourth-order valence-electron chi connectivity index (χ4n) is 3.25. The van der Waals surface area contributed by atoms with E-state index in [-0.39, 0.29) is 0 Å². The number of piperidine rings is 1. The summed E-state index contributed by atoms with van der Waals surface area (Å²) in [5, 5.41) is 3.03. The Morgan fingerprint density at radius 1 is 1.26 bits per heavy atom. The molecule has 5 heteroatoms. The predicted octanol–water partition coefficient (Wildman–Crippen LogP) is 3.25. The molecule has 23 heavy (non-hydrogen) atoms. The van der Waals surface area contributed by atoms with E-state index in [1.54, 1.807) is 7.11 Å². The number of rotatable bonds is 5. The molecular formula is C18H24N4O. The van der Waals surface area contributed by atoms with Crippen molar-refractivity contribution in [2.75, 3.05) is 26.0 Å². The largest absolute Gasteiger partial charge is 0.496 e. The van der Waals surface area contributed by atoms with E-state index in [2.05, 4.69) is 32.3 Å². The van der Waals surface area contributed by atoms with Gasteiger partial charge in [0.2, 0.25) is 5.95 Å². The van der Waals surface area contributed by atoms with E-state index >= 15 is 0 Å². The molecule has 2 aromatic rings. The molecule has 0 bridgehead atoms. The van der Waals surface area contributed by atoms with Crippen molar-refractivity contribution in [1.82, 2.24) is 14.9 Å². The van der Waals surface area contributed by atoms with Gasteiger partial charge < -0.3 is 10.1 Å². The van der Waals surface area contributed by atoms with Gasteiger partial charge in [0.05, 0.1) is 18.8 Å². The molecule has 1 aromatic carbocycles. The third-order valence-electron chi connectivity index (χ3n) is 4.42. The average molecular weight is 312 g/mol. The van der Waals surface area contributed by atoms with E-state index in [4.69, 9.17) is 4.74 Å². The van der Waals surface area contributed by atoms with Crippen LogP contribution in [0.25, 0.3) is 0 Å². The van der Waals surface area contributed by atoms with Crippen LogP contribution in [-0.4, -0.2) is 35.6 Å². The molecule has 1 aliphatic heterocycles. The van der Waals surface area contributed by atoms with Gasteiger partial charge in [0.15, 0.2) is 0 Å². The molecule has 122 valence electrons. The van der Waals surface area contributed by atoms with Crippen molar-refractivity contribution >= 4 is 5.95 Å². The van der Waals surface area contributed by atoms with Gasteiger partial charge in [-0.15, -0.1) is 0 Å². The zero-order valence-corrected chi connectivity index (χ0v) is 13.8. The topological polar surface area (TPSA) is 50.3 Å². The summed E-state index contributed by atoms with van der Waals surface area (Å²) >= 11 is 0. The smallest absolute Gasteiger partial charge is 0.222 e. The van der Waals surface area contributed by atoms with Gasteiger partial charge in [0.1, 0.15) is 5.75 Å². The zero-order chi connectivity index (χ0) is 16.1. The van der Waals surface area contributed by atoms with Crippen LogP contribution >= 0.6 is 0 Å². The first kappa shape index (κ1) is 15.7. The van der Waals surface area contributed by atoms with E-state index in [0.29, 0.717) is 12.0 Å². The van der Waals surface area contributed by atoms with Gasteiger partial charge in [-0.2, -0.15) is 0 Å². The van der Waals surface area contributed by atoms with Crippen LogP contribution in [-0.2, 0) is 6.54 Å². The second kappa shape index (κ2) is 7.42. The Morgan fingerprint density at radius 3 is 2.96 bits per heavy atom. The number of anilines is 1. The summed E-state index contributed by atoms with van der Waals surface area (Å²) in [5.74, 6) is 1.64. The summed E-state index contributed by atoms with van der Waals surface area (Å²) in [6.07, 6.45) is 5.45. The molecule has 0 unspecified atom stereocenters. The van der Waals surface area contributed by atoms with Crippen LogP contribution in [0.4, 0.5) is 5.95 Å². The molecule has 0 spiro atoms. The minimum atomic E-state index is 0.337. The van der Waals surface area contributed by atoms with Gasteiger partial charge in [-0.3, -0.25) is 4.90 Å². The Hall–Kier alpha value is -2.14. The van der Waals surface area contributed by atoms with Gasteiger partial charge in [-0.05, 0) is 31.5 Å². The summed E-state index contributed by atoms with van der Waals surface area (Å²) in [4.78, 5) is 11.4. The normalized spacial score (nSPS) is 18.6. The van der Waals surface area contributed by atoms with Crippen LogP contribution in [0, 0.1) is 0 Å². The van der Waals surface area contributed by atoms with Crippen molar-refractivity contribution in [2.24, 2.45) is 0 Å². The minimum absolute atomic E-state index is 0.337. The van der Waals surface area contributed by atoms with Crippen LogP contribution < -0.4 is 10.1 Å². The molecule has 0 radical (unpaired) electrons. The maximum Gasteiger partial charge on any atom is 0.222 e. The zero-order valence-electron chi connectivity index (χ0n) is 13.8. The SMILES string of the molecule is CNc1nccc([C@H]2CCCCN2Cc2ccccc2OC)n1. The molecule has 0 aliphatic carbocycles. The number of benzene rings is 1. The van der Waals surface area contributed by atoms with Gasteiger partial charge in [-0.1, -0.05) is 24.6 Å². The maximum absolute atomic E-state index is 5.50. The third-order valence-corrected chi connectivity index (χ3v) is 4.42. The summed E-state index contributed by atoms with van der Waals surface area (Å²) in [5.41, 5.74) is 2.32. The highest BCUT2D eigenvalue weighted by Gasteiger charge is 2.26. The fraction of sp³-hybridized carbons (Fsp3) is 0.444. The number of nitrogens with zero attached hydrogens (tertiary/aromatic N) is 3. The molecule has 1 N–H and O–H groups in total.